The van der Waals surface area contributed by atoms with Crippen LogP contribution in [-0.4, -0.2) is 0 Å². The van der Waals surface area contributed by atoms with Gasteiger partial charge in [-0.25, -0.2) is 0 Å². The molecule has 202 valence electrons. The molecule has 0 aliphatic carbocycles. The van der Waals surface area contributed by atoms with E-state index in [0.717, 1.165) is 17.1 Å². The molecule has 2 aromatic heterocycles. The number of hydrogen-bond acceptors (Lipinski definition) is 3. The molecule has 0 bridgehead atoms. The molecule has 0 fully saturated rings. The molecule has 2 heterocycles. The van der Waals surface area contributed by atoms with Gasteiger partial charge >= 0.3 is 0 Å². The zero-order chi connectivity index (χ0) is 28.3. The second kappa shape index (κ2) is 9.81. The van der Waals surface area contributed by atoms with Gasteiger partial charge in [0.1, 0.15) is 0 Å². The fraction of sp³-hybridized carbons (Fsp3) is 0. The van der Waals surface area contributed by atoms with Gasteiger partial charge in [-0.3, -0.25) is 0 Å². The molecule has 0 spiro atoms. The van der Waals surface area contributed by atoms with Gasteiger partial charge in [0.2, 0.25) is 0 Å². The Balaban J connectivity index is 1.26. The van der Waals surface area contributed by atoms with Gasteiger partial charge < -0.3 is 4.90 Å². The third-order valence-electron chi connectivity index (χ3n) is 8.43. The molecule has 1 nitrogen and oxygen atoms in total. The van der Waals surface area contributed by atoms with Crippen LogP contribution < -0.4 is 4.90 Å². The Morgan fingerprint density at radius 1 is 0.349 bits per heavy atom. The van der Waals surface area contributed by atoms with E-state index in [1.54, 1.807) is 0 Å². The van der Waals surface area contributed by atoms with Crippen molar-refractivity contribution in [2.75, 3.05) is 4.90 Å². The van der Waals surface area contributed by atoms with Crippen LogP contribution in [0.2, 0.25) is 0 Å². The molecule has 0 atom stereocenters. The van der Waals surface area contributed by atoms with E-state index >= 15 is 0 Å². The van der Waals surface area contributed by atoms with Crippen LogP contribution in [0.4, 0.5) is 17.1 Å². The molecule has 0 unspecified atom stereocenters. The van der Waals surface area contributed by atoms with E-state index in [0.29, 0.717) is 0 Å². The number of anilines is 3. The Hall–Kier alpha value is -4.96. The van der Waals surface area contributed by atoms with Gasteiger partial charge in [0.25, 0.3) is 0 Å². The minimum atomic E-state index is 1.14. The van der Waals surface area contributed by atoms with Crippen molar-refractivity contribution in [1.29, 1.82) is 0 Å². The van der Waals surface area contributed by atoms with E-state index in [-0.39, 0.29) is 0 Å². The van der Waals surface area contributed by atoms with Crippen LogP contribution in [0, 0.1) is 0 Å². The third kappa shape index (κ3) is 4.04. The summed E-state index contributed by atoms with van der Waals surface area (Å²) in [6.07, 6.45) is 0. The second-order valence-electron chi connectivity index (χ2n) is 11.0. The predicted octanol–water partition coefficient (Wildman–Crippen LogP) is 12.7. The Bertz CT molecular complexity index is 2470. The van der Waals surface area contributed by atoms with Gasteiger partial charge in [0.15, 0.2) is 0 Å². The van der Waals surface area contributed by atoms with Crippen molar-refractivity contribution in [3.05, 3.63) is 152 Å². The molecule has 3 heteroatoms. The van der Waals surface area contributed by atoms with E-state index in [9.17, 15) is 0 Å². The molecule has 43 heavy (non-hydrogen) atoms. The van der Waals surface area contributed by atoms with Crippen LogP contribution in [0.1, 0.15) is 0 Å². The highest BCUT2D eigenvalue weighted by Crippen LogP contribution is 2.44. The van der Waals surface area contributed by atoms with Crippen molar-refractivity contribution in [2.24, 2.45) is 0 Å². The molecule has 0 aliphatic heterocycles. The lowest BCUT2D eigenvalue weighted by atomic mass is 10.0. The fourth-order valence-corrected chi connectivity index (χ4v) is 8.70. The summed E-state index contributed by atoms with van der Waals surface area (Å²) in [4.78, 5) is 2.41. The number of hydrogen-bond donors (Lipinski definition) is 0. The van der Waals surface area contributed by atoms with Crippen LogP contribution >= 0.6 is 22.7 Å². The van der Waals surface area contributed by atoms with E-state index in [1.165, 1.54) is 62.2 Å². The molecule has 9 aromatic rings. The van der Waals surface area contributed by atoms with Crippen molar-refractivity contribution in [3.63, 3.8) is 0 Å². The second-order valence-corrected chi connectivity index (χ2v) is 13.1. The molecule has 0 aliphatic rings. The third-order valence-corrected chi connectivity index (χ3v) is 10.7. The summed E-state index contributed by atoms with van der Waals surface area (Å²) in [6.45, 7) is 0. The maximum Gasteiger partial charge on any atom is 0.0476 e. The maximum atomic E-state index is 2.41. The van der Waals surface area contributed by atoms with Crippen LogP contribution in [0.15, 0.2) is 152 Å². The normalized spacial score (nSPS) is 11.7. The summed E-state index contributed by atoms with van der Waals surface area (Å²) in [5.74, 6) is 0. The van der Waals surface area contributed by atoms with Crippen molar-refractivity contribution < 1.29 is 0 Å². The summed E-state index contributed by atoms with van der Waals surface area (Å²) >= 11 is 3.74. The van der Waals surface area contributed by atoms with Gasteiger partial charge in [-0.05, 0) is 76.5 Å². The van der Waals surface area contributed by atoms with Crippen molar-refractivity contribution in [1.82, 2.24) is 0 Å². The highest BCUT2D eigenvalue weighted by Gasteiger charge is 2.17. The van der Waals surface area contributed by atoms with Gasteiger partial charge in [0, 0.05) is 57.4 Å². The quantitative estimate of drug-likeness (QED) is 0.199. The highest BCUT2D eigenvalue weighted by atomic mass is 32.1. The topological polar surface area (TPSA) is 3.24 Å². The monoisotopic (exact) mass is 583 g/mol. The Labute approximate surface area is 257 Å². The number of rotatable bonds is 4. The van der Waals surface area contributed by atoms with Crippen LogP contribution in [0.3, 0.4) is 0 Å². The van der Waals surface area contributed by atoms with Gasteiger partial charge in [0.05, 0.1) is 0 Å². The number of benzene rings is 7. The van der Waals surface area contributed by atoms with Gasteiger partial charge in [-0.15, -0.1) is 22.7 Å². The van der Waals surface area contributed by atoms with Crippen LogP contribution in [0.5, 0.6) is 0 Å². The maximum absolute atomic E-state index is 2.41. The predicted molar refractivity (Wildman–Crippen MR) is 190 cm³/mol. The average Bonchev–Trinajstić information content (AvgIpc) is 3.64. The molecule has 9 rings (SSSR count). The number of fused-ring (bicyclic) bond motifs is 8. The summed E-state index contributed by atoms with van der Waals surface area (Å²) in [6, 6.07) is 55.5. The molecule has 0 N–H and O–H groups in total. The lowest BCUT2D eigenvalue weighted by molar-refractivity contribution is 1.30. The van der Waals surface area contributed by atoms with Gasteiger partial charge in [-0.2, -0.15) is 0 Å². The first-order valence-electron chi connectivity index (χ1n) is 14.5. The average molecular weight is 584 g/mol. The number of nitrogens with zero attached hydrogens (tertiary/aromatic N) is 1. The van der Waals surface area contributed by atoms with Crippen molar-refractivity contribution in [3.8, 4) is 11.1 Å². The zero-order valence-electron chi connectivity index (χ0n) is 23.2. The van der Waals surface area contributed by atoms with E-state index in [2.05, 4.69) is 157 Å². The summed E-state index contributed by atoms with van der Waals surface area (Å²) in [5, 5.41) is 7.88. The van der Waals surface area contributed by atoms with Crippen LogP contribution in [-0.2, 0) is 0 Å². The first kappa shape index (κ1) is 24.6. The Kier molecular flexibility index (Phi) is 5.62. The molecule has 0 saturated heterocycles. The minimum Gasteiger partial charge on any atom is -0.310 e. The number of thiophene rings is 2. The van der Waals surface area contributed by atoms with Crippen molar-refractivity contribution in [2.45, 2.75) is 0 Å². The Morgan fingerprint density at radius 2 is 0.977 bits per heavy atom. The summed E-state index contributed by atoms with van der Waals surface area (Å²) < 4.78 is 5.30. The molecular weight excluding hydrogens is 559 g/mol. The van der Waals surface area contributed by atoms with Gasteiger partial charge in [-0.1, -0.05) is 97.1 Å². The zero-order valence-corrected chi connectivity index (χ0v) is 24.8. The molecule has 7 aromatic carbocycles. The first-order valence-corrected chi connectivity index (χ1v) is 16.1. The summed E-state index contributed by atoms with van der Waals surface area (Å²) in [7, 11) is 0. The fourth-order valence-electron chi connectivity index (χ4n) is 6.44. The largest absolute Gasteiger partial charge is 0.310 e. The lowest BCUT2D eigenvalue weighted by Crippen LogP contribution is -2.10. The first-order chi connectivity index (χ1) is 21.3. The molecular formula is C40H25NS2. The molecule has 0 amide bonds. The van der Waals surface area contributed by atoms with E-state index in [4.69, 9.17) is 0 Å². The highest BCUT2D eigenvalue weighted by molar-refractivity contribution is 7.26. The molecule has 0 radical (unpaired) electrons. The van der Waals surface area contributed by atoms with E-state index in [1.807, 2.05) is 22.7 Å². The minimum absolute atomic E-state index is 1.14. The summed E-state index contributed by atoms with van der Waals surface area (Å²) in [5.41, 5.74) is 5.87. The smallest absolute Gasteiger partial charge is 0.0476 e. The van der Waals surface area contributed by atoms with Crippen molar-refractivity contribution >= 4 is 90.9 Å². The molecule has 0 saturated carbocycles. The Morgan fingerprint density at radius 3 is 1.84 bits per heavy atom. The van der Waals surface area contributed by atoms with E-state index < -0.39 is 0 Å². The van der Waals surface area contributed by atoms with Crippen LogP contribution in [0.25, 0.3) is 62.2 Å². The lowest BCUT2D eigenvalue weighted by Gasteiger charge is -2.26. The standard InChI is InChI=1S/C40H25NS2/c1-2-9-26(10-3-1)27-11-8-12-29(23-27)41(31-19-21-34-33-13-4-6-15-36(33)43-39(34)25-31)30-18-20-32-28(24-30)17-22-38-40(32)35-14-5-7-16-37(35)42-38/h1-25H. The SMILES string of the molecule is c1ccc(-c2cccc(N(c3ccc4c(ccc5sc6ccccc6c54)c3)c3ccc4c(c3)sc3ccccc34)c2)cc1.